The Hall–Kier alpha value is -3.78. The number of hydrogen-bond acceptors (Lipinski definition) is 4. The second-order valence-corrected chi connectivity index (χ2v) is 7.09. The number of nitriles is 1. The molecule has 28 heavy (non-hydrogen) atoms. The third-order valence-corrected chi connectivity index (χ3v) is 5.49. The van der Waals surface area contributed by atoms with Crippen molar-refractivity contribution < 1.29 is 9.90 Å². The Bertz CT molecular complexity index is 1240. The number of hydrogen-bond donors (Lipinski definition) is 2. The second kappa shape index (κ2) is 6.14. The third-order valence-electron chi connectivity index (χ3n) is 5.49. The van der Waals surface area contributed by atoms with Gasteiger partial charge in [-0.05, 0) is 36.3 Å². The average Bonchev–Trinajstić information content (AvgIpc) is 3.11. The number of para-hydroxylation sites is 2. The Morgan fingerprint density at radius 2 is 1.93 bits per heavy atom. The number of H-pyrrole nitrogens is 1. The second-order valence-electron chi connectivity index (χ2n) is 7.09. The summed E-state index contributed by atoms with van der Waals surface area (Å²) in [5.41, 5.74) is 5.34. The van der Waals surface area contributed by atoms with E-state index in [0.717, 1.165) is 29.9 Å². The molecule has 0 atom stereocenters. The van der Waals surface area contributed by atoms with Crippen LogP contribution in [0.2, 0.25) is 0 Å². The third kappa shape index (κ3) is 2.35. The number of rotatable bonds is 2. The molecular formula is C23H17N3O2. The molecule has 0 saturated heterocycles. The number of nitrogens with zero attached hydrogens (tertiary/aromatic N) is 2. The van der Waals surface area contributed by atoms with Crippen LogP contribution in [0.3, 0.4) is 0 Å². The van der Waals surface area contributed by atoms with Gasteiger partial charge in [0.25, 0.3) is 0 Å². The number of fused-ring (bicyclic) bond motifs is 5. The predicted octanol–water partition coefficient (Wildman–Crippen LogP) is 3.79. The summed E-state index contributed by atoms with van der Waals surface area (Å²) in [5, 5.41) is 21.0. The zero-order valence-corrected chi connectivity index (χ0v) is 15.1. The van der Waals surface area contributed by atoms with Crippen molar-refractivity contribution in [2.24, 2.45) is 0 Å². The van der Waals surface area contributed by atoms with Gasteiger partial charge in [0.15, 0.2) is 5.78 Å². The molecule has 0 saturated carbocycles. The van der Waals surface area contributed by atoms with Gasteiger partial charge in [-0.2, -0.15) is 5.26 Å². The number of carbonyl (C=O) groups excluding carboxylic acids is 1. The highest BCUT2D eigenvalue weighted by atomic mass is 16.3. The maximum absolute atomic E-state index is 12.9. The van der Waals surface area contributed by atoms with Crippen LogP contribution in [0.25, 0.3) is 16.6 Å². The zero-order chi connectivity index (χ0) is 19.3. The van der Waals surface area contributed by atoms with Gasteiger partial charge in [0, 0.05) is 29.6 Å². The molecule has 0 aliphatic carbocycles. The molecule has 1 aromatic heterocycles. The van der Waals surface area contributed by atoms with Crippen LogP contribution < -0.4 is 0 Å². The van der Waals surface area contributed by atoms with Gasteiger partial charge < -0.3 is 15.0 Å². The van der Waals surface area contributed by atoms with Gasteiger partial charge in [-0.15, -0.1) is 0 Å². The van der Waals surface area contributed by atoms with Gasteiger partial charge in [0.2, 0.25) is 0 Å². The van der Waals surface area contributed by atoms with Gasteiger partial charge in [-0.1, -0.05) is 30.3 Å². The van der Waals surface area contributed by atoms with E-state index in [-0.39, 0.29) is 17.1 Å². The first-order chi connectivity index (χ1) is 13.7. The Kier molecular flexibility index (Phi) is 3.59. The lowest BCUT2D eigenvalue weighted by Crippen LogP contribution is -2.35. The van der Waals surface area contributed by atoms with E-state index in [9.17, 15) is 15.2 Å². The summed E-state index contributed by atoms with van der Waals surface area (Å²) in [7, 11) is 0. The largest absolute Gasteiger partial charge is 0.507 e. The molecule has 2 aliphatic rings. The van der Waals surface area contributed by atoms with Crippen LogP contribution in [0.1, 0.15) is 21.6 Å². The molecule has 2 aromatic carbocycles. The summed E-state index contributed by atoms with van der Waals surface area (Å²) in [6.45, 7) is 1.16. The molecule has 5 rings (SSSR count). The summed E-state index contributed by atoms with van der Waals surface area (Å²) >= 11 is 0. The zero-order valence-electron chi connectivity index (χ0n) is 15.1. The highest BCUT2D eigenvalue weighted by Crippen LogP contribution is 2.38. The number of ketones is 1. The number of phenols is 1. The molecule has 0 fully saturated rings. The van der Waals surface area contributed by atoms with Crippen molar-refractivity contribution in [2.45, 2.75) is 6.42 Å². The number of Topliss-reactive ketones (excluding diaryl/α,β-unsaturated/α-hetero) is 1. The van der Waals surface area contributed by atoms with E-state index in [0.29, 0.717) is 17.7 Å². The van der Waals surface area contributed by atoms with E-state index < -0.39 is 0 Å². The van der Waals surface area contributed by atoms with Crippen molar-refractivity contribution >= 4 is 22.4 Å². The number of allylic oxidation sites excluding steroid dienone is 2. The van der Waals surface area contributed by atoms with Gasteiger partial charge in [0.05, 0.1) is 22.5 Å². The maximum Gasteiger partial charge on any atom is 0.194 e. The minimum Gasteiger partial charge on any atom is -0.507 e. The van der Waals surface area contributed by atoms with Crippen molar-refractivity contribution in [3.63, 3.8) is 0 Å². The topological polar surface area (TPSA) is 80.1 Å². The van der Waals surface area contributed by atoms with Crippen LogP contribution in [-0.2, 0) is 6.42 Å². The fraction of sp³-hybridized carbons (Fsp3) is 0.130. The first-order valence-electron chi connectivity index (χ1n) is 9.20. The monoisotopic (exact) mass is 367 g/mol. The summed E-state index contributed by atoms with van der Waals surface area (Å²) in [6, 6.07) is 16.9. The number of aromatic hydroxyl groups is 1. The Labute approximate surface area is 161 Å². The van der Waals surface area contributed by atoms with E-state index >= 15 is 0 Å². The maximum atomic E-state index is 12.9. The number of nitrogens with one attached hydrogen (secondary N) is 1. The highest BCUT2D eigenvalue weighted by molar-refractivity contribution is 6.11. The van der Waals surface area contributed by atoms with Crippen LogP contribution in [0.15, 0.2) is 65.8 Å². The van der Waals surface area contributed by atoms with E-state index in [1.807, 2.05) is 18.2 Å². The van der Waals surface area contributed by atoms with E-state index in [1.54, 1.807) is 24.3 Å². The number of benzene rings is 2. The number of aromatic nitrogens is 1. The van der Waals surface area contributed by atoms with Crippen LogP contribution in [0.4, 0.5) is 0 Å². The summed E-state index contributed by atoms with van der Waals surface area (Å²) in [5.74, 6) is -0.287. The molecule has 2 aliphatic heterocycles. The Morgan fingerprint density at radius 1 is 1.14 bits per heavy atom. The molecule has 0 bridgehead atoms. The standard InChI is InChI=1S/C23H17N3O2/c24-12-14-11-15(23(28)18-6-2-4-8-20(18)27)13-26-10-9-17-16-5-1-3-7-19(16)25-21(17)22(14)26/h1-8,11,25,27H,9-10,13H2. The van der Waals surface area contributed by atoms with E-state index in [2.05, 4.69) is 22.0 Å². The van der Waals surface area contributed by atoms with Crippen LogP contribution in [0, 0.1) is 11.3 Å². The molecule has 0 radical (unpaired) electrons. The van der Waals surface area contributed by atoms with E-state index in [1.165, 1.54) is 17.0 Å². The first-order valence-corrected chi connectivity index (χ1v) is 9.20. The van der Waals surface area contributed by atoms with Crippen molar-refractivity contribution in [1.82, 2.24) is 9.88 Å². The molecule has 136 valence electrons. The molecule has 3 aromatic rings. The van der Waals surface area contributed by atoms with Crippen LogP contribution >= 0.6 is 0 Å². The molecule has 0 spiro atoms. The molecule has 0 unspecified atom stereocenters. The predicted molar refractivity (Wildman–Crippen MR) is 107 cm³/mol. The molecule has 0 amide bonds. The van der Waals surface area contributed by atoms with Crippen molar-refractivity contribution in [2.75, 3.05) is 13.1 Å². The van der Waals surface area contributed by atoms with Gasteiger partial charge in [-0.3, -0.25) is 4.79 Å². The van der Waals surface area contributed by atoms with Gasteiger partial charge in [-0.25, -0.2) is 0 Å². The fourth-order valence-electron chi connectivity index (χ4n) is 4.20. The SMILES string of the molecule is N#CC1=C2c3[nH]c4ccccc4c3CCN2CC(C(=O)c2ccccc2O)=C1. The number of phenolic OH excluding ortho intramolecular Hbond substituents is 1. The highest BCUT2D eigenvalue weighted by Gasteiger charge is 2.32. The lowest BCUT2D eigenvalue weighted by Gasteiger charge is -2.35. The van der Waals surface area contributed by atoms with E-state index in [4.69, 9.17) is 0 Å². The number of carbonyl (C=O) groups is 1. The average molecular weight is 367 g/mol. The molecule has 5 heteroatoms. The van der Waals surface area contributed by atoms with Crippen LogP contribution in [-0.4, -0.2) is 33.9 Å². The molecular weight excluding hydrogens is 350 g/mol. The van der Waals surface area contributed by atoms with Crippen LogP contribution in [0.5, 0.6) is 5.75 Å². The Balaban J connectivity index is 1.65. The van der Waals surface area contributed by atoms with Gasteiger partial charge in [0.1, 0.15) is 11.8 Å². The lowest BCUT2D eigenvalue weighted by molar-refractivity contribution is 0.102. The number of aromatic amines is 1. The summed E-state index contributed by atoms with van der Waals surface area (Å²) < 4.78 is 0. The lowest BCUT2D eigenvalue weighted by atomic mass is 9.91. The smallest absolute Gasteiger partial charge is 0.194 e. The fourth-order valence-corrected chi connectivity index (χ4v) is 4.20. The Morgan fingerprint density at radius 3 is 2.75 bits per heavy atom. The summed E-state index contributed by atoms with van der Waals surface area (Å²) in [4.78, 5) is 18.5. The summed E-state index contributed by atoms with van der Waals surface area (Å²) in [6.07, 6.45) is 2.51. The molecule has 5 nitrogen and oxygen atoms in total. The quantitative estimate of drug-likeness (QED) is 0.676. The first kappa shape index (κ1) is 16.4. The minimum atomic E-state index is -0.243. The van der Waals surface area contributed by atoms with Crippen molar-refractivity contribution in [3.05, 3.63) is 82.6 Å². The minimum absolute atomic E-state index is 0.0433. The molecule has 2 N–H and O–H groups in total. The normalized spacial score (nSPS) is 15.7. The van der Waals surface area contributed by atoms with Crippen molar-refractivity contribution in [3.8, 4) is 11.8 Å². The molecule has 3 heterocycles. The van der Waals surface area contributed by atoms with Crippen molar-refractivity contribution in [1.29, 1.82) is 5.26 Å². The van der Waals surface area contributed by atoms with Gasteiger partial charge >= 0.3 is 0 Å².